The molecule has 0 spiro atoms. The van der Waals surface area contributed by atoms with Gasteiger partial charge in [-0.05, 0) is 36.3 Å². The highest BCUT2D eigenvalue weighted by atomic mass is 16.4. The van der Waals surface area contributed by atoms with Crippen LogP contribution in [-0.4, -0.2) is 51.2 Å². The lowest BCUT2D eigenvalue weighted by molar-refractivity contribution is -0.135. The highest BCUT2D eigenvalue weighted by Gasteiger charge is 2.40. The number of nitrogens with one attached hydrogen (secondary N) is 1. The lowest BCUT2D eigenvalue weighted by Crippen LogP contribution is -2.57. The normalized spacial score (nSPS) is 21.2. The summed E-state index contributed by atoms with van der Waals surface area (Å²) in [5.41, 5.74) is 6.97. The van der Waals surface area contributed by atoms with E-state index >= 15 is 0 Å². The number of hydrogen-bond donors (Lipinski definition) is 3. The van der Waals surface area contributed by atoms with Crippen molar-refractivity contribution in [3.05, 3.63) is 82.6 Å². The maximum Gasteiger partial charge on any atom is 0.335 e. The molecule has 2 aromatic rings. The SMILES string of the molecule is Cc1ccc(C2C=C3C(=O)N(Cc4cccc(C(=O)O)c4)CC(CO)N3N2)cc1. The van der Waals surface area contributed by atoms with Gasteiger partial charge in [0, 0.05) is 13.1 Å². The van der Waals surface area contributed by atoms with E-state index < -0.39 is 5.97 Å². The Morgan fingerprint density at radius 3 is 2.66 bits per heavy atom. The molecule has 0 bridgehead atoms. The van der Waals surface area contributed by atoms with E-state index in [-0.39, 0.29) is 36.7 Å². The number of aromatic carboxylic acids is 1. The van der Waals surface area contributed by atoms with Gasteiger partial charge in [-0.25, -0.2) is 10.2 Å². The van der Waals surface area contributed by atoms with Gasteiger partial charge in [0.05, 0.1) is 24.3 Å². The molecular formula is C22H23N3O4. The van der Waals surface area contributed by atoms with Crippen LogP contribution in [0.1, 0.15) is 33.1 Å². The molecule has 2 heterocycles. The van der Waals surface area contributed by atoms with Crippen LogP contribution in [0.4, 0.5) is 0 Å². The summed E-state index contributed by atoms with van der Waals surface area (Å²) in [4.78, 5) is 26.0. The van der Waals surface area contributed by atoms with Crippen molar-refractivity contribution < 1.29 is 19.8 Å². The van der Waals surface area contributed by atoms with E-state index in [0.29, 0.717) is 12.2 Å². The molecule has 2 unspecified atom stereocenters. The topological polar surface area (TPSA) is 93.1 Å². The Hall–Kier alpha value is -3.16. The number of carbonyl (C=O) groups is 2. The number of aliphatic hydroxyl groups is 1. The number of aliphatic hydroxyl groups excluding tert-OH is 1. The van der Waals surface area contributed by atoms with Crippen molar-refractivity contribution in [2.45, 2.75) is 25.6 Å². The number of nitrogens with zero attached hydrogens (tertiary/aromatic N) is 2. The van der Waals surface area contributed by atoms with Crippen LogP contribution in [-0.2, 0) is 11.3 Å². The summed E-state index contributed by atoms with van der Waals surface area (Å²) >= 11 is 0. The van der Waals surface area contributed by atoms with Crippen molar-refractivity contribution in [1.29, 1.82) is 0 Å². The number of hydrogen-bond acceptors (Lipinski definition) is 5. The molecule has 2 aliphatic heterocycles. The van der Waals surface area contributed by atoms with Gasteiger partial charge in [-0.15, -0.1) is 0 Å². The van der Waals surface area contributed by atoms with Crippen LogP contribution in [0.5, 0.6) is 0 Å². The molecule has 2 aliphatic rings. The number of amides is 1. The molecule has 0 aromatic heterocycles. The molecule has 3 N–H and O–H groups in total. The Kier molecular flexibility index (Phi) is 5.08. The predicted molar refractivity (Wildman–Crippen MR) is 107 cm³/mol. The fraction of sp³-hybridized carbons (Fsp3) is 0.273. The van der Waals surface area contributed by atoms with Gasteiger partial charge in [-0.3, -0.25) is 9.80 Å². The third-order valence-electron chi connectivity index (χ3n) is 5.36. The van der Waals surface area contributed by atoms with Crippen LogP contribution in [0.15, 0.2) is 60.3 Å². The Labute approximate surface area is 168 Å². The number of carboxylic acid groups (broad SMARTS) is 1. The highest BCUT2D eigenvalue weighted by molar-refractivity contribution is 5.94. The first-order valence-corrected chi connectivity index (χ1v) is 9.52. The monoisotopic (exact) mass is 393 g/mol. The third-order valence-corrected chi connectivity index (χ3v) is 5.36. The summed E-state index contributed by atoms with van der Waals surface area (Å²) in [6, 6.07) is 14.3. The minimum atomic E-state index is -1.00. The third kappa shape index (κ3) is 3.74. The van der Waals surface area contributed by atoms with E-state index in [1.54, 1.807) is 28.1 Å². The number of hydrazine groups is 1. The van der Waals surface area contributed by atoms with Gasteiger partial charge < -0.3 is 15.1 Å². The predicted octanol–water partition coefficient (Wildman–Crippen LogP) is 1.84. The summed E-state index contributed by atoms with van der Waals surface area (Å²) in [7, 11) is 0. The molecule has 1 saturated heterocycles. The van der Waals surface area contributed by atoms with Crippen molar-refractivity contribution in [1.82, 2.24) is 15.3 Å². The van der Waals surface area contributed by atoms with Crippen LogP contribution >= 0.6 is 0 Å². The van der Waals surface area contributed by atoms with Gasteiger partial charge >= 0.3 is 5.97 Å². The van der Waals surface area contributed by atoms with Crippen LogP contribution < -0.4 is 5.43 Å². The zero-order chi connectivity index (χ0) is 20.5. The van der Waals surface area contributed by atoms with E-state index in [9.17, 15) is 19.8 Å². The fourth-order valence-electron chi connectivity index (χ4n) is 3.80. The number of carbonyl (C=O) groups excluding carboxylic acids is 1. The zero-order valence-corrected chi connectivity index (χ0v) is 16.1. The van der Waals surface area contributed by atoms with Gasteiger partial charge in [0.1, 0.15) is 5.70 Å². The molecular weight excluding hydrogens is 370 g/mol. The molecule has 2 aromatic carbocycles. The molecule has 7 nitrogen and oxygen atoms in total. The second-order valence-corrected chi connectivity index (χ2v) is 7.47. The van der Waals surface area contributed by atoms with Crippen molar-refractivity contribution in [2.75, 3.05) is 13.2 Å². The summed E-state index contributed by atoms with van der Waals surface area (Å²) in [5, 5.41) is 20.8. The largest absolute Gasteiger partial charge is 0.478 e. The van der Waals surface area contributed by atoms with E-state index in [1.165, 1.54) is 6.07 Å². The van der Waals surface area contributed by atoms with Gasteiger partial charge in [-0.1, -0.05) is 42.0 Å². The molecule has 2 atom stereocenters. The van der Waals surface area contributed by atoms with E-state index in [4.69, 9.17) is 0 Å². The Morgan fingerprint density at radius 2 is 1.97 bits per heavy atom. The van der Waals surface area contributed by atoms with E-state index in [2.05, 4.69) is 5.43 Å². The smallest absolute Gasteiger partial charge is 0.335 e. The number of rotatable bonds is 5. The number of carboxylic acids is 1. The Bertz CT molecular complexity index is 970. The molecule has 4 rings (SSSR count). The molecule has 0 saturated carbocycles. The van der Waals surface area contributed by atoms with Crippen molar-refractivity contribution >= 4 is 11.9 Å². The Morgan fingerprint density at radius 1 is 1.21 bits per heavy atom. The minimum absolute atomic E-state index is 0.107. The first kappa shape index (κ1) is 19.2. The summed E-state index contributed by atoms with van der Waals surface area (Å²) in [6.07, 6.45) is 1.88. The minimum Gasteiger partial charge on any atom is -0.478 e. The first-order valence-electron chi connectivity index (χ1n) is 9.52. The van der Waals surface area contributed by atoms with Gasteiger partial charge in [0.25, 0.3) is 5.91 Å². The molecule has 150 valence electrons. The van der Waals surface area contributed by atoms with Gasteiger partial charge in [0.15, 0.2) is 0 Å². The Balaban J connectivity index is 1.58. The highest BCUT2D eigenvalue weighted by Crippen LogP contribution is 2.31. The van der Waals surface area contributed by atoms with Crippen molar-refractivity contribution in [2.24, 2.45) is 0 Å². The molecule has 29 heavy (non-hydrogen) atoms. The van der Waals surface area contributed by atoms with Crippen LogP contribution in [0.3, 0.4) is 0 Å². The fourth-order valence-corrected chi connectivity index (χ4v) is 3.80. The summed E-state index contributed by atoms with van der Waals surface area (Å²) in [5.74, 6) is -1.14. The van der Waals surface area contributed by atoms with E-state index in [0.717, 1.165) is 16.7 Å². The van der Waals surface area contributed by atoms with Crippen molar-refractivity contribution in [3.8, 4) is 0 Å². The maximum atomic E-state index is 13.1. The van der Waals surface area contributed by atoms with Crippen LogP contribution in [0, 0.1) is 6.92 Å². The van der Waals surface area contributed by atoms with Crippen LogP contribution in [0.2, 0.25) is 0 Å². The number of piperazine rings is 1. The lowest BCUT2D eigenvalue weighted by Gasteiger charge is -2.40. The molecule has 0 aliphatic carbocycles. The zero-order valence-electron chi connectivity index (χ0n) is 16.1. The molecule has 7 heteroatoms. The van der Waals surface area contributed by atoms with E-state index in [1.807, 2.05) is 37.3 Å². The van der Waals surface area contributed by atoms with Gasteiger partial charge in [0.2, 0.25) is 0 Å². The second kappa shape index (κ2) is 7.69. The quantitative estimate of drug-likeness (QED) is 0.718. The number of benzene rings is 2. The second-order valence-electron chi connectivity index (χ2n) is 7.47. The molecule has 1 amide bonds. The number of aryl methyl sites for hydroxylation is 1. The molecule has 1 fully saturated rings. The average molecular weight is 393 g/mol. The average Bonchev–Trinajstić information content (AvgIpc) is 3.17. The summed E-state index contributed by atoms with van der Waals surface area (Å²) < 4.78 is 0. The summed E-state index contributed by atoms with van der Waals surface area (Å²) in [6.45, 7) is 2.55. The van der Waals surface area contributed by atoms with Crippen molar-refractivity contribution in [3.63, 3.8) is 0 Å². The first-order chi connectivity index (χ1) is 14.0. The standard InChI is InChI=1S/C22H23N3O4/c1-14-5-7-16(8-6-14)19-10-20-21(27)24(12-18(13-26)25(20)23-19)11-15-3-2-4-17(9-15)22(28)29/h2-10,18-19,23,26H,11-13H2,1H3,(H,28,29). The van der Waals surface area contributed by atoms with Gasteiger partial charge in [-0.2, -0.15) is 0 Å². The van der Waals surface area contributed by atoms with Crippen LogP contribution in [0.25, 0.3) is 0 Å². The maximum absolute atomic E-state index is 13.1. The number of fused-ring (bicyclic) bond motifs is 1. The molecule has 0 radical (unpaired) electrons. The lowest BCUT2D eigenvalue weighted by atomic mass is 10.0.